The van der Waals surface area contributed by atoms with E-state index in [1.807, 2.05) is 18.2 Å². The zero-order valence-electron chi connectivity index (χ0n) is 12.1. The molecule has 1 atom stereocenters. The molecule has 0 aliphatic rings. The molecule has 2 aromatic rings. The highest BCUT2D eigenvalue weighted by Crippen LogP contribution is 2.22. The summed E-state index contributed by atoms with van der Waals surface area (Å²) in [6.07, 6.45) is 4.89. The number of nitriles is 1. The molecule has 106 valence electrons. The van der Waals surface area contributed by atoms with Crippen molar-refractivity contribution in [1.29, 1.82) is 5.26 Å². The molecule has 0 amide bonds. The number of rotatable bonds is 6. The van der Waals surface area contributed by atoms with Crippen molar-refractivity contribution in [3.63, 3.8) is 0 Å². The van der Waals surface area contributed by atoms with Crippen LogP contribution in [0.4, 0.5) is 0 Å². The highest BCUT2D eigenvalue weighted by Gasteiger charge is 2.12. The van der Waals surface area contributed by atoms with E-state index in [9.17, 15) is 0 Å². The van der Waals surface area contributed by atoms with Gasteiger partial charge in [-0.3, -0.25) is 0 Å². The van der Waals surface area contributed by atoms with Crippen molar-refractivity contribution in [2.24, 2.45) is 5.92 Å². The van der Waals surface area contributed by atoms with Gasteiger partial charge in [0.05, 0.1) is 16.6 Å². The van der Waals surface area contributed by atoms with Gasteiger partial charge in [0.2, 0.25) is 0 Å². The summed E-state index contributed by atoms with van der Waals surface area (Å²) in [6, 6.07) is 8.01. The van der Waals surface area contributed by atoms with E-state index in [-0.39, 0.29) is 0 Å². The smallest absolute Gasteiger partial charge is 0.178 e. The first-order valence-electron chi connectivity index (χ1n) is 7.32. The van der Waals surface area contributed by atoms with Crippen LogP contribution >= 0.6 is 12.2 Å². The molecule has 0 saturated heterocycles. The Labute approximate surface area is 125 Å². The molecule has 0 radical (unpaired) electrons. The van der Waals surface area contributed by atoms with Gasteiger partial charge in [0.25, 0.3) is 0 Å². The average molecular weight is 287 g/mol. The fourth-order valence-electron chi connectivity index (χ4n) is 2.63. The quantitative estimate of drug-likeness (QED) is 0.776. The van der Waals surface area contributed by atoms with Crippen LogP contribution < -0.4 is 0 Å². The number of hydrogen-bond donors (Lipinski definition) is 1. The molecular formula is C16H21N3S. The van der Waals surface area contributed by atoms with Gasteiger partial charge >= 0.3 is 0 Å². The van der Waals surface area contributed by atoms with Gasteiger partial charge in [0.1, 0.15) is 6.07 Å². The minimum absolute atomic E-state index is 0.645. The summed E-state index contributed by atoms with van der Waals surface area (Å²) < 4.78 is 2.87. The molecule has 0 aliphatic heterocycles. The van der Waals surface area contributed by atoms with Gasteiger partial charge in [-0.05, 0) is 36.7 Å². The van der Waals surface area contributed by atoms with Crippen molar-refractivity contribution in [2.75, 3.05) is 0 Å². The molecule has 0 saturated carbocycles. The Hall–Kier alpha value is -1.60. The van der Waals surface area contributed by atoms with Crippen LogP contribution in [0.3, 0.4) is 0 Å². The summed E-state index contributed by atoms with van der Waals surface area (Å²) in [7, 11) is 0. The van der Waals surface area contributed by atoms with E-state index in [2.05, 4.69) is 29.5 Å². The zero-order chi connectivity index (χ0) is 14.5. The van der Waals surface area contributed by atoms with Gasteiger partial charge in [0, 0.05) is 6.54 Å². The van der Waals surface area contributed by atoms with E-state index >= 15 is 0 Å². The Morgan fingerprint density at radius 2 is 2.20 bits per heavy atom. The first-order chi connectivity index (χ1) is 9.71. The van der Waals surface area contributed by atoms with E-state index in [4.69, 9.17) is 17.5 Å². The molecule has 1 unspecified atom stereocenters. The number of H-pyrrole nitrogens is 1. The number of benzene rings is 1. The maximum absolute atomic E-state index is 9.17. The van der Waals surface area contributed by atoms with E-state index < -0.39 is 0 Å². The van der Waals surface area contributed by atoms with E-state index in [0.29, 0.717) is 11.5 Å². The highest BCUT2D eigenvalue weighted by molar-refractivity contribution is 7.71. The topological polar surface area (TPSA) is 44.5 Å². The van der Waals surface area contributed by atoms with E-state index in [0.717, 1.165) is 28.8 Å². The monoisotopic (exact) mass is 287 g/mol. The third-order valence-corrected chi connectivity index (χ3v) is 4.24. The van der Waals surface area contributed by atoms with Crippen LogP contribution in [0.15, 0.2) is 18.2 Å². The number of imidazole rings is 1. The van der Waals surface area contributed by atoms with Crippen LogP contribution in [-0.4, -0.2) is 9.55 Å². The average Bonchev–Trinajstić information content (AvgIpc) is 2.79. The van der Waals surface area contributed by atoms with Crippen LogP contribution in [0, 0.1) is 22.0 Å². The van der Waals surface area contributed by atoms with Crippen LogP contribution in [0.25, 0.3) is 11.0 Å². The van der Waals surface area contributed by atoms with Crippen molar-refractivity contribution in [3.05, 3.63) is 28.5 Å². The fraction of sp³-hybridized carbons (Fsp3) is 0.500. The zero-order valence-corrected chi connectivity index (χ0v) is 13.0. The molecule has 1 heterocycles. The Balaban J connectivity index is 2.37. The van der Waals surface area contributed by atoms with E-state index in [1.165, 1.54) is 19.3 Å². The van der Waals surface area contributed by atoms with Gasteiger partial charge in [-0.1, -0.05) is 39.2 Å². The highest BCUT2D eigenvalue weighted by atomic mass is 32.1. The third kappa shape index (κ3) is 2.94. The van der Waals surface area contributed by atoms with Crippen molar-refractivity contribution in [3.8, 4) is 6.07 Å². The van der Waals surface area contributed by atoms with Gasteiger partial charge in [-0.25, -0.2) is 0 Å². The molecule has 4 heteroatoms. The number of nitrogens with zero attached hydrogens (tertiary/aromatic N) is 2. The number of hydrogen-bond acceptors (Lipinski definition) is 2. The van der Waals surface area contributed by atoms with Crippen molar-refractivity contribution in [2.45, 2.75) is 46.1 Å². The first-order valence-corrected chi connectivity index (χ1v) is 7.73. The minimum Gasteiger partial charge on any atom is -0.329 e. The fourth-order valence-corrected chi connectivity index (χ4v) is 2.91. The van der Waals surface area contributed by atoms with Crippen molar-refractivity contribution < 1.29 is 0 Å². The Morgan fingerprint density at radius 1 is 1.40 bits per heavy atom. The SMILES string of the molecule is CCCCC(CC)Cn1c(=S)[nH]c2c(C#N)cccc21. The molecule has 0 spiro atoms. The molecule has 0 bridgehead atoms. The van der Waals surface area contributed by atoms with Crippen LogP contribution in [0.1, 0.15) is 45.1 Å². The summed E-state index contributed by atoms with van der Waals surface area (Å²) in [5.74, 6) is 0.645. The summed E-state index contributed by atoms with van der Waals surface area (Å²) in [5.41, 5.74) is 2.57. The van der Waals surface area contributed by atoms with Crippen molar-refractivity contribution >= 4 is 23.3 Å². The number of aromatic amines is 1. The standard InChI is InChI=1S/C16H21N3S/c1-3-5-7-12(4-2)11-19-14-9-6-8-13(10-17)15(14)18-16(19)20/h6,8-9,12H,3-5,7,11H2,1-2H3,(H,18,20). The van der Waals surface area contributed by atoms with Gasteiger partial charge in [0.15, 0.2) is 4.77 Å². The second-order valence-corrected chi connectivity index (χ2v) is 5.66. The number of nitrogens with one attached hydrogen (secondary N) is 1. The normalized spacial score (nSPS) is 12.4. The summed E-state index contributed by atoms with van der Waals surface area (Å²) in [6.45, 7) is 5.40. The lowest BCUT2D eigenvalue weighted by Crippen LogP contribution is -2.10. The minimum atomic E-state index is 0.645. The molecule has 1 N–H and O–H groups in total. The van der Waals surface area contributed by atoms with Crippen LogP contribution in [0.2, 0.25) is 0 Å². The Bertz CT molecular complexity index is 675. The number of aromatic nitrogens is 2. The summed E-state index contributed by atoms with van der Waals surface area (Å²) >= 11 is 5.44. The molecule has 1 aromatic carbocycles. The van der Waals surface area contributed by atoms with Crippen LogP contribution in [-0.2, 0) is 6.54 Å². The lowest BCUT2D eigenvalue weighted by Gasteiger charge is -2.15. The second-order valence-electron chi connectivity index (χ2n) is 5.27. The summed E-state index contributed by atoms with van der Waals surface area (Å²) in [4.78, 5) is 3.19. The lowest BCUT2D eigenvalue weighted by molar-refractivity contribution is 0.393. The first kappa shape index (κ1) is 14.8. The molecule has 2 rings (SSSR count). The molecular weight excluding hydrogens is 266 g/mol. The Morgan fingerprint density at radius 3 is 2.85 bits per heavy atom. The molecule has 1 aromatic heterocycles. The molecule has 0 aliphatic carbocycles. The lowest BCUT2D eigenvalue weighted by atomic mass is 9.99. The maximum atomic E-state index is 9.17. The maximum Gasteiger partial charge on any atom is 0.178 e. The van der Waals surface area contributed by atoms with Crippen LogP contribution in [0.5, 0.6) is 0 Å². The van der Waals surface area contributed by atoms with Gasteiger partial charge < -0.3 is 9.55 Å². The van der Waals surface area contributed by atoms with Gasteiger partial charge in [-0.15, -0.1) is 0 Å². The molecule has 3 nitrogen and oxygen atoms in total. The van der Waals surface area contributed by atoms with Gasteiger partial charge in [-0.2, -0.15) is 5.26 Å². The summed E-state index contributed by atoms with van der Waals surface area (Å²) in [5, 5.41) is 9.17. The molecule has 20 heavy (non-hydrogen) atoms. The third-order valence-electron chi connectivity index (χ3n) is 3.91. The largest absolute Gasteiger partial charge is 0.329 e. The number of para-hydroxylation sites is 1. The number of fused-ring (bicyclic) bond motifs is 1. The predicted octanol–water partition coefficient (Wildman–Crippen LogP) is 4.79. The predicted molar refractivity (Wildman–Crippen MR) is 85.1 cm³/mol. The van der Waals surface area contributed by atoms with E-state index in [1.54, 1.807) is 0 Å². The second kappa shape index (κ2) is 6.71. The molecule has 0 fully saturated rings. The number of unbranched alkanes of at least 4 members (excludes halogenated alkanes) is 1. The Kier molecular flexibility index (Phi) is 4.97. The van der Waals surface area contributed by atoms with Crippen molar-refractivity contribution in [1.82, 2.24) is 9.55 Å².